The summed E-state index contributed by atoms with van der Waals surface area (Å²) in [4.78, 5) is 5.93. The van der Waals surface area contributed by atoms with E-state index >= 15 is 0 Å². The van der Waals surface area contributed by atoms with Gasteiger partial charge in [-0.15, -0.1) is 35.3 Å². The van der Waals surface area contributed by atoms with Crippen LogP contribution in [0.3, 0.4) is 0 Å². The number of nitrogens with one attached hydrogen (secondary N) is 2. The molecule has 0 radical (unpaired) electrons. The third kappa shape index (κ3) is 6.62. The molecule has 0 aromatic carbocycles. The number of aryl methyl sites for hydroxylation is 1. The molecule has 140 valence electrons. The van der Waals surface area contributed by atoms with Gasteiger partial charge in [0.05, 0.1) is 12.2 Å². The van der Waals surface area contributed by atoms with Crippen molar-refractivity contribution in [1.29, 1.82) is 0 Å². The molecule has 0 aliphatic rings. The fourth-order valence-electron chi connectivity index (χ4n) is 2.55. The molecule has 0 saturated heterocycles. The van der Waals surface area contributed by atoms with Crippen molar-refractivity contribution >= 4 is 41.3 Å². The van der Waals surface area contributed by atoms with E-state index < -0.39 is 0 Å². The molecule has 2 aromatic heterocycles. The minimum absolute atomic E-state index is 0. The van der Waals surface area contributed by atoms with Crippen LogP contribution in [0.15, 0.2) is 27.0 Å². The van der Waals surface area contributed by atoms with Gasteiger partial charge in [0.15, 0.2) is 11.7 Å². The number of hydrogen-bond acceptors (Lipinski definition) is 4. The van der Waals surface area contributed by atoms with E-state index in [4.69, 9.17) is 4.52 Å². The van der Waals surface area contributed by atoms with Crippen LogP contribution in [-0.4, -0.2) is 17.7 Å². The summed E-state index contributed by atoms with van der Waals surface area (Å²) in [5.74, 6) is 2.08. The van der Waals surface area contributed by atoms with E-state index in [0.717, 1.165) is 43.3 Å². The number of aliphatic imine (C=N–C) groups is 1. The van der Waals surface area contributed by atoms with Gasteiger partial charge in [0.1, 0.15) is 6.54 Å². The summed E-state index contributed by atoms with van der Waals surface area (Å²) < 4.78 is 5.44. The molecule has 0 amide bonds. The first-order chi connectivity index (χ1) is 11.7. The molecule has 0 atom stereocenters. The van der Waals surface area contributed by atoms with Crippen LogP contribution in [0.5, 0.6) is 0 Å². The van der Waals surface area contributed by atoms with Crippen LogP contribution in [0, 0.1) is 6.92 Å². The zero-order valence-corrected chi connectivity index (χ0v) is 18.6. The van der Waals surface area contributed by atoms with Crippen molar-refractivity contribution in [3.63, 3.8) is 0 Å². The smallest absolute Gasteiger partial charge is 0.191 e. The summed E-state index contributed by atoms with van der Waals surface area (Å²) >= 11 is 1.76. The topological polar surface area (TPSA) is 62.5 Å². The Morgan fingerprint density at radius 1 is 1.28 bits per heavy atom. The summed E-state index contributed by atoms with van der Waals surface area (Å²) in [5, 5.41) is 13.0. The fraction of sp³-hybridized carbons (Fsp3) is 0.556. The third-order valence-corrected chi connectivity index (χ3v) is 5.13. The summed E-state index contributed by atoms with van der Waals surface area (Å²) in [6, 6.07) is 4.17. The Morgan fingerprint density at radius 3 is 2.64 bits per heavy atom. The van der Waals surface area contributed by atoms with Crippen molar-refractivity contribution in [2.45, 2.75) is 59.5 Å². The van der Waals surface area contributed by atoms with Crippen molar-refractivity contribution in [2.24, 2.45) is 4.99 Å². The molecule has 2 aromatic rings. The number of rotatable bonds is 8. The molecule has 7 heteroatoms. The van der Waals surface area contributed by atoms with Crippen molar-refractivity contribution in [3.8, 4) is 0 Å². The number of nitrogens with zero attached hydrogens (tertiary/aromatic N) is 2. The SMILES string of the molecule is CCNC(=NCc1cc(C(CC)CC)no1)NCc1sccc1C.I. The summed E-state index contributed by atoms with van der Waals surface area (Å²) in [6.45, 7) is 10.7. The number of thiophene rings is 1. The first-order valence-electron chi connectivity index (χ1n) is 8.68. The van der Waals surface area contributed by atoms with Gasteiger partial charge >= 0.3 is 0 Å². The standard InChI is InChI=1S/C18H28N4OS.HI/c1-5-14(6-2)16-10-15(23-22-16)11-20-18(19-7-3)21-12-17-13(4)8-9-24-17;/h8-10,14H,5-7,11-12H2,1-4H3,(H2,19,20,21);1H. The predicted molar refractivity (Wildman–Crippen MR) is 116 cm³/mol. The van der Waals surface area contributed by atoms with Crippen LogP contribution < -0.4 is 10.6 Å². The Bertz CT molecular complexity index is 649. The zero-order chi connectivity index (χ0) is 17.4. The van der Waals surface area contributed by atoms with E-state index in [1.54, 1.807) is 11.3 Å². The van der Waals surface area contributed by atoms with Crippen molar-refractivity contribution in [2.75, 3.05) is 6.54 Å². The summed E-state index contributed by atoms with van der Waals surface area (Å²) in [6.07, 6.45) is 2.16. The Balaban J connectivity index is 0.00000312. The zero-order valence-electron chi connectivity index (χ0n) is 15.5. The third-order valence-electron chi connectivity index (χ3n) is 4.10. The number of hydrogen-bond donors (Lipinski definition) is 2. The molecule has 2 rings (SSSR count). The summed E-state index contributed by atoms with van der Waals surface area (Å²) in [7, 11) is 0. The highest BCUT2D eigenvalue weighted by molar-refractivity contribution is 14.0. The number of halogens is 1. The van der Waals surface area contributed by atoms with Gasteiger partial charge in [-0.3, -0.25) is 0 Å². The Labute approximate surface area is 171 Å². The minimum Gasteiger partial charge on any atom is -0.359 e. The Hall–Kier alpha value is -1.09. The van der Waals surface area contributed by atoms with Crippen molar-refractivity contribution in [1.82, 2.24) is 15.8 Å². The molecule has 2 heterocycles. The molecule has 2 N–H and O–H groups in total. The van der Waals surface area contributed by atoms with Crippen molar-refractivity contribution < 1.29 is 4.52 Å². The minimum atomic E-state index is 0. The highest BCUT2D eigenvalue weighted by atomic mass is 127. The van der Waals surface area contributed by atoms with Crippen molar-refractivity contribution in [3.05, 3.63) is 39.4 Å². The molecule has 0 aliphatic heterocycles. The molecule has 0 spiro atoms. The van der Waals surface area contributed by atoms with Gasteiger partial charge in [0.2, 0.25) is 0 Å². The largest absolute Gasteiger partial charge is 0.359 e. The van der Waals surface area contributed by atoms with Gasteiger partial charge in [-0.2, -0.15) is 0 Å². The van der Waals surface area contributed by atoms with E-state index in [-0.39, 0.29) is 24.0 Å². The first kappa shape index (κ1) is 22.0. The van der Waals surface area contributed by atoms with Crippen LogP contribution in [0.2, 0.25) is 0 Å². The number of guanidine groups is 1. The van der Waals surface area contributed by atoms with Crippen LogP contribution in [0.1, 0.15) is 61.4 Å². The van der Waals surface area contributed by atoms with E-state index in [2.05, 4.69) is 59.9 Å². The van der Waals surface area contributed by atoms with Crippen LogP contribution in [0.25, 0.3) is 0 Å². The lowest BCUT2D eigenvalue weighted by Crippen LogP contribution is -2.36. The lowest BCUT2D eigenvalue weighted by atomic mass is 9.99. The molecule has 0 unspecified atom stereocenters. The highest BCUT2D eigenvalue weighted by Gasteiger charge is 2.12. The monoisotopic (exact) mass is 476 g/mol. The van der Waals surface area contributed by atoms with Crippen LogP contribution >= 0.6 is 35.3 Å². The average molecular weight is 476 g/mol. The van der Waals surface area contributed by atoms with Crippen LogP contribution in [0.4, 0.5) is 0 Å². The molecular formula is C18H29IN4OS. The second-order valence-corrected chi connectivity index (χ2v) is 6.81. The van der Waals surface area contributed by atoms with Gasteiger partial charge in [0, 0.05) is 23.4 Å². The van der Waals surface area contributed by atoms with E-state index in [9.17, 15) is 0 Å². The van der Waals surface area contributed by atoms with E-state index in [0.29, 0.717) is 12.5 Å². The quantitative estimate of drug-likeness (QED) is 0.326. The summed E-state index contributed by atoms with van der Waals surface area (Å²) in [5.41, 5.74) is 2.35. The maximum atomic E-state index is 5.44. The molecule has 0 aliphatic carbocycles. The van der Waals surface area contributed by atoms with Gasteiger partial charge in [-0.1, -0.05) is 19.0 Å². The normalized spacial score (nSPS) is 11.5. The van der Waals surface area contributed by atoms with Crippen LogP contribution in [-0.2, 0) is 13.1 Å². The van der Waals surface area contributed by atoms with E-state index in [1.807, 2.05) is 6.07 Å². The van der Waals surface area contributed by atoms with E-state index in [1.165, 1.54) is 10.4 Å². The van der Waals surface area contributed by atoms with Gasteiger partial charge in [-0.05, 0) is 43.7 Å². The lowest BCUT2D eigenvalue weighted by Gasteiger charge is -2.10. The molecule has 25 heavy (non-hydrogen) atoms. The molecule has 0 saturated carbocycles. The average Bonchev–Trinajstić information content (AvgIpc) is 3.21. The maximum Gasteiger partial charge on any atom is 0.191 e. The molecule has 5 nitrogen and oxygen atoms in total. The fourth-order valence-corrected chi connectivity index (χ4v) is 3.40. The Kier molecular flexibility index (Phi) is 10.1. The maximum absolute atomic E-state index is 5.44. The predicted octanol–water partition coefficient (Wildman–Crippen LogP) is 4.82. The molecule has 0 bridgehead atoms. The van der Waals surface area contributed by atoms with Gasteiger partial charge in [-0.25, -0.2) is 4.99 Å². The van der Waals surface area contributed by atoms with Gasteiger partial charge in [0.25, 0.3) is 0 Å². The molecular weight excluding hydrogens is 447 g/mol. The first-order valence-corrected chi connectivity index (χ1v) is 9.56. The Morgan fingerprint density at radius 2 is 2.04 bits per heavy atom. The number of aromatic nitrogens is 1. The second kappa shape index (κ2) is 11.5. The van der Waals surface area contributed by atoms with Gasteiger partial charge < -0.3 is 15.2 Å². The second-order valence-electron chi connectivity index (χ2n) is 5.81. The highest BCUT2D eigenvalue weighted by Crippen LogP contribution is 2.22. The molecule has 0 fully saturated rings. The lowest BCUT2D eigenvalue weighted by molar-refractivity contribution is 0.372.